The monoisotopic (exact) mass is 379 g/mol. The predicted octanol–water partition coefficient (Wildman–Crippen LogP) is 2.24. The fourth-order valence-electron chi connectivity index (χ4n) is 2.02. The molecular formula is C16H18BrN3O3. The largest absolute Gasteiger partial charge is 0.465 e. The molecule has 1 heterocycles. The van der Waals surface area contributed by atoms with Crippen molar-refractivity contribution in [1.29, 1.82) is 0 Å². The lowest BCUT2D eigenvalue weighted by atomic mass is 10.2. The van der Waals surface area contributed by atoms with Crippen molar-refractivity contribution < 1.29 is 14.0 Å². The van der Waals surface area contributed by atoms with Crippen molar-refractivity contribution in [3.63, 3.8) is 0 Å². The molecule has 7 heteroatoms. The lowest BCUT2D eigenvalue weighted by Gasteiger charge is -2.15. The Bertz CT molecular complexity index is 699. The van der Waals surface area contributed by atoms with Crippen molar-refractivity contribution in [2.75, 3.05) is 13.6 Å². The van der Waals surface area contributed by atoms with Crippen molar-refractivity contribution in [2.45, 2.75) is 13.5 Å². The summed E-state index contributed by atoms with van der Waals surface area (Å²) >= 11 is 3.29. The molecule has 0 spiro atoms. The highest BCUT2D eigenvalue weighted by Gasteiger charge is 2.12. The molecule has 122 valence electrons. The van der Waals surface area contributed by atoms with E-state index in [4.69, 9.17) is 4.42 Å². The molecule has 0 fully saturated rings. The number of rotatable bonds is 5. The van der Waals surface area contributed by atoms with Gasteiger partial charge in [0, 0.05) is 4.47 Å². The lowest BCUT2D eigenvalue weighted by molar-refractivity contribution is -0.122. The molecule has 1 aromatic carbocycles. The van der Waals surface area contributed by atoms with Crippen LogP contribution in [0.1, 0.15) is 21.9 Å². The Morgan fingerprint density at radius 2 is 1.91 bits per heavy atom. The second-order valence-electron chi connectivity index (χ2n) is 5.17. The van der Waals surface area contributed by atoms with E-state index in [0.717, 1.165) is 11.5 Å². The van der Waals surface area contributed by atoms with E-state index < -0.39 is 0 Å². The molecule has 0 aliphatic rings. The number of likely N-dealkylation sites (N-methyl/N-ethyl adjacent to an activating group) is 1. The van der Waals surface area contributed by atoms with E-state index >= 15 is 0 Å². The third kappa shape index (κ3) is 5.22. The van der Waals surface area contributed by atoms with Crippen LogP contribution in [0.4, 0.5) is 0 Å². The maximum Gasteiger partial charge on any atom is 0.270 e. The number of aryl methyl sites for hydroxylation is 1. The molecule has 0 bridgehead atoms. The summed E-state index contributed by atoms with van der Waals surface area (Å²) in [6.45, 7) is 2.52. The van der Waals surface area contributed by atoms with E-state index in [9.17, 15) is 9.59 Å². The van der Waals surface area contributed by atoms with Crippen molar-refractivity contribution in [2.24, 2.45) is 0 Å². The van der Waals surface area contributed by atoms with Crippen LogP contribution < -0.4 is 10.9 Å². The van der Waals surface area contributed by atoms with E-state index in [1.807, 2.05) is 25.1 Å². The minimum Gasteiger partial charge on any atom is -0.465 e. The Labute approximate surface area is 142 Å². The van der Waals surface area contributed by atoms with Gasteiger partial charge in [0.15, 0.2) is 0 Å². The summed E-state index contributed by atoms with van der Waals surface area (Å²) < 4.78 is 6.12. The average Bonchev–Trinajstić information content (AvgIpc) is 2.90. The van der Waals surface area contributed by atoms with E-state index in [2.05, 4.69) is 26.8 Å². The number of amides is 2. The van der Waals surface area contributed by atoms with Crippen LogP contribution in [-0.2, 0) is 11.3 Å². The average molecular weight is 380 g/mol. The maximum atomic E-state index is 12.0. The number of nitrogens with one attached hydrogen (secondary N) is 2. The van der Waals surface area contributed by atoms with Gasteiger partial charge >= 0.3 is 0 Å². The van der Waals surface area contributed by atoms with E-state index in [1.54, 1.807) is 30.1 Å². The molecule has 23 heavy (non-hydrogen) atoms. The fourth-order valence-corrected chi connectivity index (χ4v) is 2.48. The number of nitrogens with zero attached hydrogens (tertiary/aromatic N) is 1. The summed E-state index contributed by atoms with van der Waals surface area (Å²) in [6.07, 6.45) is 0. The first kappa shape index (κ1) is 17.2. The minimum absolute atomic E-state index is 0.135. The van der Waals surface area contributed by atoms with Gasteiger partial charge in [0.05, 0.1) is 18.7 Å². The summed E-state index contributed by atoms with van der Waals surface area (Å²) in [5.74, 6) is 0.930. The molecule has 0 aliphatic heterocycles. The Balaban J connectivity index is 1.78. The molecular weight excluding hydrogens is 362 g/mol. The molecule has 6 nitrogen and oxygen atoms in total. The number of furan rings is 1. The number of benzene rings is 1. The second kappa shape index (κ2) is 7.94. The van der Waals surface area contributed by atoms with Gasteiger partial charge in [-0.25, -0.2) is 0 Å². The number of hydrogen-bond acceptors (Lipinski definition) is 4. The van der Waals surface area contributed by atoms with Gasteiger partial charge in [0.2, 0.25) is 0 Å². The fraction of sp³-hybridized carbons (Fsp3) is 0.250. The Morgan fingerprint density at radius 1 is 1.17 bits per heavy atom. The topological polar surface area (TPSA) is 74.6 Å². The van der Waals surface area contributed by atoms with Crippen LogP contribution in [0, 0.1) is 6.92 Å². The van der Waals surface area contributed by atoms with Crippen LogP contribution in [0.2, 0.25) is 0 Å². The zero-order valence-corrected chi connectivity index (χ0v) is 14.5. The second-order valence-corrected chi connectivity index (χ2v) is 6.02. The summed E-state index contributed by atoms with van der Waals surface area (Å²) in [7, 11) is 1.80. The van der Waals surface area contributed by atoms with Crippen LogP contribution in [0.5, 0.6) is 0 Å². The van der Waals surface area contributed by atoms with Gasteiger partial charge in [-0.05, 0) is 54.2 Å². The van der Waals surface area contributed by atoms with Gasteiger partial charge in [-0.2, -0.15) is 0 Å². The molecule has 2 N–H and O–H groups in total. The van der Waals surface area contributed by atoms with Gasteiger partial charge in [-0.3, -0.25) is 25.3 Å². The summed E-state index contributed by atoms with van der Waals surface area (Å²) in [4.78, 5) is 25.6. The number of carbonyl (C=O) groups is 2. The van der Waals surface area contributed by atoms with Crippen molar-refractivity contribution in [1.82, 2.24) is 15.8 Å². The molecule has 1 aromatic heterocycles. The lowest BCUT2D eigenvalue weighted by Crippen LogP contribution is -2.45. The molecule has 0 unspecified atom stereocenters. The molecule has 2 amide bonds. The van der Waals surface area contributed by atoms with Crippen molar-refractivity contribution in [3.8, 4) is 0 Å². The van der Waals surface area contributed by atoms with Gasteiger partial charge in [-0.15, -0.1) is 0 Å². The quantitative estimate of drug-likeness (QED) is 0.781. The van der Waals surface area contributed by atoms with Crippen molar-refractivity contribution >= 4 is 27.7 Å². The smallest absolute Gasteiger partial charge is 0.270 e. The van der Waals surface area contributed by atoms with E-state index in [0.29, 0.717) is 16.6 Å². The molecule has 0 atom stereocenters. The Kier molecular flexibility index (Phi) is 5.95. The SMILES string of the molecule is Cc1ccc(CN(C)CC(=O)NNC(=O)c2ccccc2Br)o1. The first-order valence-corrected chi connectivity index (χ1v) is 7.82. The van der Waals surface area contributed by atoms with E-state index in [1.165, 1.54) is 0 Å². The van der Waals surface area contributed by atoms with Crippen LogP contribution in [-0.4, -0.2) is 30.3 Å². The Morgan fingerprint density at radius 3 is 2.57 bits per heavy atom. The highest BCUT2D eigenvalue weighted by molar-refractivity contribution is 9.10. The third-order valence-electron chi connectivity index (χ3n) is 3.07. The number of hydrazine groups is 1. The summed E-state index contributed by atoms with van der Waals surface area (Å²) in [5.41, 5.74) is 5.24. The summed E-state index contributed by atoms with van der Waals surface area (Å²) in [6, 6.07) is 10.7. The van der Waals surface area contributed by atoms with Crippen LogP contribution in [0.3, 0.4) is 0 Å². The minimum atomic E-state index is -0.380. The molecule has 0 saturated carbocycles. The van der Waals surface area contributed by atoms with Crippen LogP contribution in [0.15, 0.2) is 45.3 Å². The van der Waals surface area contributed by atoms with Crippen LogP contribution >= 0.6 is 15.9 Å². The normalized spacial score (nSPS) is 10.6. The maximum absolute atomic E-state index is 12.0. The predicted molar refractivity (Wildman–Crippen MR) is 89.5 cm³/mol. The Hall–Kier alpha value is -2.12. The highest BCUT2D eigenvalue weighted by atomic mass is 79.9. The molecule has 2 rings (SSSR count). The third-order valence-corrected chi connectivity index (χ3v) is 3.76. The molecule has 0 saturated heterocycles. The summed E-state index contributed by atoms with van der Waals surface area (Å²) in [5, 5.41) is 0. The first-order chi connectivity index (χ1) is 11.0. The van der Waals surface area contributed by atoms with Crippen molar-refractivity contribution in [3.05, 3.63) is 58.0 Å². The highest BCUT2D eigenvalue weighted by Crippen LogP contribution is 2.15. The molecule has 0 aliphatic carbocycles. The van der Waals surface area contributed by atoms with Gasteiger partial charge in [-0.1, -0.05) is 12.1 Å². The van der Waals surface area contributed by atoms with Gasteiger partial charge in [0.1, 0.15) is 11.5 Å². The first-order valence-electron chi connectivity index (χ1n) is 7.03. The van der Waals surface area contributed by atoms with Gasteiger partial charge < -0.3 is 4.42 Å². The zero-order valence-electron chi connectivity index (χ0n) is 12.9. The number of halogens is 1. The van der Waals surface area contributed by atoms with Gasteiger partial charge in [0.25, 0.3) is 11.8 Å². The number of hydrogen-bond donors (Lipinski definition) is 2. The number of carbonyl (C=O) groups excluding carboxylic acids is 2. The molecule has 2 aromatic rings. The standard InChI is InChI=1S/C16H18BrN3O3/c1-11-7-8-12(23-11)9-20(2)10-15(21)18-19-16(22)13-5-3-4-6-14(13)17/h3-8H,9-10H2,1-2H3,(H,18,21)(H,19,22). The van der Waals surface area contributed by atoms with E-state index in [-0.39, 0.29) is 18.4 Å². The zero-order chi connectivity index (χ0) is 16.8. The molecule has 0 radical (unpaired) electrons. The van der Waals surface area contributed by atoms with Crippen LogP contribution in [0.25, 0.3) is 0 Å².